The quantitative estimate of drug-likeness (QED) is 0.419. The first-order valence-electron chi connectivity index (χ1n) is 8.46. The molecule has 0 radical (unpaired) electrons. The summed E-state index contributed by atoms with van der Waals surface area (Å²) in [6, 6.07) is 11.9. The van der Waals surface area contributed by atoms with E-state index in [0.717, 1.165) is 54.5 Å². The number of hydrogen-bond donors (Lipinski definition) is 2. The van der Waals surface area contributed by atoms with E-state index in [1.165, 1.54) is 0 Å². The van der Waals surface area contributed by atoms with E-state index >= 15 is 0 Å². The first-order valence-corrected chi connectivity index (χ1v) is 10.1. The van der Waals surface area contributed by atoms with Crippen molar-refractivity contribution in [3.8, 4) is 0 Å². The van der Waals surface area contributed by atoms with Gasteiger partial charge in [-0.2, -0.15) is 0 Å². The van der Waals surface area contributed by atoms with E-state index in [0.29, 0.717) is 0 Å². The molecule has 0 amide bonds. The van der Waals surface area contributed by atoms with Gasteiger partial charge in [0, 0.05) is 24.5 Å². The maximum atomic E-state index is 5.91. The van der Waals surface area contributed by atoms with Crippen LogP contribution in [0, 0.1) is 0 Å². The highest BCUT2D eigenvalue weighted by molar-refractivity contribution is 7.16. The fourth-order valence-corrected chi connectivity index (χ4v) is 5.22. The maximum Gasteiger partial charge on any atom is 0.211 e. The van der Waals surface area contributed by atoms with Crippen LogP contribution in [0.3, 0.4) is 0 Å². The molecule has 134 valence electrons. The van der Waals surface area contributed by atoms with E-state index in [4.69, 9.17) is 11.5 Å². The summed E-state index contributed by atoms with van der Waals surface area (Å²) in [7, 11) is 0. The molecule has 4 N–H and O–H groups in total. The smallest absolute Gasteiger partial charge is 0.211 e. The Bertz CT molecular complexity index is 1140. The van der Waals surface area contributed by atoms with Gasteiger partial charge in [-0.3, -0.25) is 0 Å². The molecule has 0 saturated carbocycles. The van der Waals surface area contributed by atoms with Crippen LogP contribution in [0.1, 0.15) is 13.8 Å². The summed E-state index contributed by atoms with van der Waals surface area (Å²) in [4.78, 5) is 1.74. The van der Waals surface area contributed by atoms with Crippen molar-refractivity contribution in [3.63, 3.8) is 0 Å². The molecule has 0 aliphatic rings. The molecule has 0 aliphatic carbocycles. The van der Waals surface area contributed by atoms with Gasteiger partial charge >= 0.3 is 0 Å². The summed E-state index contributed by atoms with van der Waals surface area (Å²) in [6.07, 6.45) is 0. The Kier molecular flexibility index (Phi) is 4.29. The van der Waals surface area contributed by atoms with Gasteiger partial charge in [0.05, 0.1) is 20.4 Å². The SMILES string of the molecule is CCn1c(=NN=c2sc3cc(N)ccc3n2CC)sc2cc(N)ccc21. The lowest BCUT2D eigenvalue weighted by Crippen LogP contribution is -2.16. The average Bonchev–Trinajstić information content (AvgIpc) is 3.15. The van der Waals surface area contributed by atoms with E-state index in [1.807, 2.05) is 36.4 Å². The number of nitrogen functional groups attached to an aromatic ring is 2. The first-order chi connectivity index (χ1) is 12.6. The zero-order valence-electron chi connectivity index (χ0n) is 14.6. The number of hydrogen-bond acceptors (Lipinski definition) is 6. The topological polar surface area (TPSA) is 86.6 Å². The number of nitrogens with zero attached hydrogens (tertiary/aromatic N) is 4. The van der Waals surface area contributed by atoms with Gasteiger partial charge < -0.3 is 20.6 Å². The van der Waals surface area contributed by atoms with E-state index in [2.05, 4.69) is 33.2 Å². The van der Waals surface area contributed by atoms with Gasteiger partial charge in [0.2, 0.25) is 9.60 Å². The Morgan fingerprint density at radius 2 is 1.19 bits per heavy atom. The summed E-state index contributed by atoms with van der Waals surface area (Å²) < 4.78 is 6.55. The maximum absolute atomic E-state index is 5.91. The second kappa shape index (κ2) is 6.62. The van der Waals surface area contributed by atoms with Crippen LogP contribution >= 0.6 is 22.7 Å². The molecule has 2 aromatic carbocycles. The van der Waals surface area contributed by atoms with E-state index in [1.54, 1.807) is 22.7 Å². The lowest BCUT2D eigenvalue weighted by Gasteiger charge is -2.00. The third-order valence-electron chi connectivity index (χ3n) is 4.27. The number of anilines is 2. The molecule has 2 heterocycles. The molecule has 0 unspecified atom stereocenters. The van der Waals surface area contributed by atoms with Crippen molar-refractivity contribution in [1.29, 1.82) is 0 Å². The minimum absolute atomic E-state index is 0.761. The fraction of sp³-hybridized carbons (Fsp3) is 0.222. The van der Waals surface area contributed by atoms with Crippen LogP contribution in [0.25, 0.3) is 20.4 Å². The molecule has 6 nitrogen and oxygen atoms in total. The average molecular weight is 385 g/mol. The fourth-order valence-electron chi connectivity index (χ4n) is 3.03. The van der Waals surface area contributed by atoms with Crippen LogP contribution < -0.4 is 21.1 Å². The monoisotopic (exact) mass is 384 g/mol. The summed E-state index contributed by atoms with van der Waals surface area (Å²) >= 11 is 3.21. The van der Waals surface area contributed by atoms with Crippen molar-refractivity contribution in [2.45, 2.75) is 26.9 Å². The van der Waals surface area contributed by atoms with Crippen molar-refractivity contribution < 1.29 is 0 Å². The van der Waals surface area contributed by atoms with E-state index < -0.39 is 0 Å². The van der Waals surface area contributed by atoms with E-state index in [9.17, 15) is 0 Å². The Morgan fingerprint density at radius 3 is 1.58 bits per heavy atom. The number of aromatic nitrogens is 2. The Balaban J connectivity index is 1.95. The van der Waals surface area contributed by atoms with E-state index in [-0.39, 0.29) is 0 Å². The van der Waals surface area contributed by atoms with Crippen LogP contribution in [0.2, 0.25) is 0 Å². The van der Waals surface area contributed by atoms with Gasteiger partial charge in [0.15, 0.2) is 0 Å². The van der Waals surface area contributed by atoms with Crippen LogP contribution in [0.15, 0.2) is 46.6 Å². The lowest BCUT2D eigenvalue weighted by atomic mass is 10.3. The predicted octanol–water partition coefficient (Wildman–Crippen LogP) is 3.34. The highest BCUT2D eigenvalue weighted by Crippen LogP contribution is 2.21. The molecule has 4 aromatic rings. The minimum atomic E-state index is 0.761. The standard InChI is InChI=1S/C18H20N6S2/c1-3-23-13-7-5-11(19)9-15(13)25-17(23)21-22-18-24(4-2)14-8-6-12(20)10-16(14)26-18/h5-10H,3-4,19-20H2,1-2H3. The van der Waals surface area contributed by atoms with Crippen LogP contribution in [-0.4, -0.2) is 9.13 Å². The predicted molar refractivity (Wildman–Crippen MR) is 111 cm³/mol. The van der Waals surface area contributed by atoms with Gasteiger partial charge in [-0.05, 0) is 50.2 Å². The number of fused-ring (bicyclic) bond motifs is 2. The summed E-state index contributed by atoms with van der Waals surface area (Å²) in [5.41, 5.74) is 15.6. The second-order valence-electron chi connectivity index (χ2n) is 5.91. The molecule has 0 fully saturated rings. The zero-order valence-corrected chi connectivity index (χ0v) is 16.3. The van der Waals surface area contributed by atoms with Crippen molar-refractivity contribution in [1.82, 2.24) is 9.13 Å². The molecular formula is C18H20N6S2. The van der Waals surface area contributed by atoms with Gasteiger partial charge in [-0.15, -0.1) is 10.2 Å². The van der Waals surface area contributed by atoms with Crippen LogP contribution in [0.5, 0.6) is 0 Å². The molecule has 4 rings (SSSR count). The minimum Gasteiger partial charge on any atom is -0.399 e. The number of rotatable bonds is 3. The van der Waals surface area contributed by atoms with Crippen molar-refractivity contribution in [2.75, 3.05) is 11.5 Å². The molecule has 0 atom stereocenters. The Morgan fingerprint density at radius 1 is 0.769 bits per heavy atom. The van der Waals surface area contributed by atoms with Gasteiger partial charge in [0.25, 0.3) is 0 Å². The molecule has 26 heavy (non-hydrogen) atoms. The normalized spacial score (nSPS) is 13.3. The molecule has 2 aromatic heterocycles. The van der Waals surface area contributed by atoms with Crippen LogP contribution in [0.4, 0.5) is 11.4 Å². The Labute approximate surface area is 158 Å². The third-order valence-corrected chi connectivity index (χ3v) is 6.33. The number of benzene rings is 2. The Hall–Kier alpha value is -2.58. The highest BCUT2D eigenvalue weighted by atomic mass is 32.1. The van der Waals surface area contributed by atoms with Gasteiger partial charge in [-0.1, -0.05) is 22.7 Å². The first kappa shape index (κ1) is 16.9. The molecule has 0 bridgehead atoms. The van der Waals surface area contributed by atoms with Crippen molar-refractivity contribution in [2.24, 2.45) is 10.2 Å². The zero-order chi connectivity index (χ0) is 18.3. The summed E-state index contributed by atoms with van der Waals surface area (Å²) in [5.74, 6) is 0. The largest absolute Gasteiger partial charge is 0.399 e. The molecule has 0 aliphatic heterocycles. The number of nitrogens with two attached hydrogens (primary N) is 2. The van der Waals surface area contributed by atoms with Gasteiger partial charge in [0.1, 0.15) is 0 Å². The second-order valence-corrected chi connectivity index (χ2v) is 7.93. The third kappa shape index (κ3) is 2.81. The molecular weight excluding hydrogens is 364 g/mol. The van der Waals surface area contributed by atoms with Crippen molar-refractivity contribution >= 4 is 54.5 Å². The lowest BCUT2D eigenvalue weighted by molar-refractivity contribution is 0.733. The van der Waals surface area contributed by atoms with Gasteiger partial charge in [-0.25, -0.2) is 0 Å². The van der Waals surface area contributed by atoms with Crippen LogP contribution in [-0.2, 0) is 13.1 Å². The molecule has 0 saturated heterocycles. The highest BCUT2D eigenvalue weighted by Gasteiger charge is 2.07. The van der Waals surface area contributed by atoms with Crippen molar-refractivity contribution in [3.05, 3.63) is 46.0 Å². The summed E-state index contributed by atoms with van der Waals surface area (Å²) in [5, 5.41) is 9.13. The number of aryl methyl sites for hydroxylation is 2. The number of thiazole rings is 2. The molecule has 0 spiro atoms. The summed E-state index contributed by atoms with van der Waals surface area (Å²) in [6.45, 7) is 5.87. The molecule has 8 heteroatoms.